The third kappa shape index (κ3) is 2.31. The number of aromatic amines is 1. The second-order valence-electron chi connectivity index (χ2n) is 3.81. The predicted molar refractivity (Wildman–Crippen MR) is 72.1 cm³/mol. The van der Waals surface area contributed by atoms with Crippen molar-refractivity contribution in [2.45, 2.75) is 20.3 Å². The highest BCUT2D eigenvalue weighted by Crippen LogP contribution is 2.24. The number of halogens is 1. The van der Waals surface area contributed by atoms with Gasteiger partial charge in [-0.3, -0.25) is 4.79 Å². The van der Waals surface area contributed by atoms with Crippen molar-refractivity contribution in [3.8, 4) is 11.4 Å². The van der Waals surface area contributed by atoms with Crippen LogP contribution in [0.4, 0.5) is 0 Å². The molecule has 0 aliphatic heterocycles. The molecular weight excluding hydrogens is 280 g/mol. The molecule has 0 bridgehead atoms. The van der Waals surface area contributed by atoms with Gasteiger partial charge in [0.2, 0.25) is 0 Å². The van der Waals surface area contributed by atoms with E-state index >= 15 is 0 Å². The fourth-order valence-corrected chi connectivity index (χ4v) is 2.28. The summed E-state index contributed by atoms with van der Waals surface area (Å²) in [6, 6.07) is 7.70. The molecule has 0 fully saturated rings. The first-order valence-electron chi connectivity index (χ1n) is 5.48. The first kappa shape index (κ1) is 12.0. The van der Waals surface area contributed by atoms with Gasteiger partial charge >= 0.3 is 0 Å². The van der Waals surface area contributed by atoms with Crippen molar-refractivity contribution in [2.24, 2.45) is 0 Å². The van der Waals surface area contributed by atoms with Crippen LogP contribution < -0.4 is 5.56 Å². The summed E-state index contributed by atoms with van der Waals surface area (Å²) in [6.45, 7) is 3.83. The van der Waals surface area contributed by atoms with E-state index in [1.165, 1.54) is 0 Å². The maximum Gasteiger partial charge on any atom is 0.254 e. The zero-order valence-electron chi connectivity index (χ0n) is 9.75. The minimum absolute atomic E-state index is 0.0502. The zero-order valence-corrected chi connectivity index (χ0v) is 11.3. The monoisotopic (exact) mass is 292 g/mol. The number of H-pyrrole nitrogens is 1. The molecule has 17 heavy (non-hydrogen) atoms. The van der Waals surface area contributed by atoms with Gasteiger partial charge in [-0.05, 0) is 19.4 Å². The van der Waals surface area contributed by atoms with E-state index in [0.717, 1.165) is 21.3 Å². The fraction of sp³-hybridized carbons (Fsp3) is 0.231. The Hall–Kier alpha value is -1.42. The number of rotatable bonds is 2. The van der Waals surface area contributed by atoms with Crippen LogP contribution in [0.2, 0.25) is 0 Å². The molecule has 1 aromatic heterocycles. The molecule has 1 N–H and O–H groups in total. The summed E-state index contributed by atoms with van der Waals surface area (Å²) in [5.74, 6) is 0.608. The van der Waals surface area contributed by atoms with Gasteiger partial charge in [0, 0.05) is 21.3 Å². The minimum Gasteiger partial charge on any atom is -0.306 e. The molecular formula is C13H13BrN2O. The summed E-state index contributed by atoms with van der Waals surface area (Å²) in [5, 5.41) is 0. The van der Waals surface area contributed by atoms with Crippen LogP contribution in [0.1, 0.15) is 18.2 Å². The van der Waals surface area contributed by atoms with Crippen LogP contribution in [0.3, 0.4) is 0 Å². The molecule has 0 aliphatic carbocycles. The lowest BCUT2D eigenvalue weighted by Gasteiger charge is -2.07. The SMILES string of the molecule is CCc1c(C)nc(-c2ccccc2Br)[nH]c1=O. The van der Waals surface area contributed by atoms with E-state index in [2.05, 4.69) is 25.9 Å². The van der Waals surface area contributed by atoms with E-state index in [1.807, 2.05) is 38.1 Å². The Morgan fingerprint density at radius 2 is 2.06 bits per heavy atom. The van der Waals surface area contributed by atoms with Gasteiger partial charge in [0.15, 0.2) is 0 Å². The second-order valence-corrected chi connectivity index (χ2v) is 4.67. The summed E-state index contributed by atoms with van der Waals surface area (Å²) in [7, 11) is 0. The molecule has 0 unspecified atom stereocenters. The molecule has 2 aromatic rings. The molecule has 0 atom stereocenters. The number of aryl methyl sites for hydroxylation is 1. The first-order valence-corrected chi connectivity index (χ1v) is 6.27. The van der Waals surface area contributed by atoms with Gasteiger partial charge in [0.25, 0.3) is 5.56 Å². The van der Waals surface area contributed by atoms with E-state index in [-0.39, 0.29) is 5.56 Å². The molecule has 1 heterocycles. The van der Waals surface area contributed by atoms with E-state index in [4.69, 9.17) is 0 Å². The third-order valence-corrected chi connectivity index (χ3v) is 3.40. The summed E-state index contributed by atoms with van der Waals surface area (Å²) in [6.07, 6.45) is 0.699. The van der Waals surface area contributed by atoms with Crippen molar-refractivity contribution in [1.82, 2.24) is 9.97 Å². The number of hydrogen-bond acceptors (Lipinski definition) is 2. The number of nitrogens with one attached hydrogen (secondary N) is 1. The quantitative estimate of drug-likeness (QED) is 0.925. The molecule has 0 saturated heterocycles. The van der Waals surface area contributed by atoms with Gasteiger partial charge in [-0.15, -0.1) is 0 Å². The van der Waals surface area contributed by atoms with Crippen LogP contribution in [0.15, 0.2) is 33.5 Å². The van der Waals surface area contributed by atoms with Crippen molar-refractivity contribution >= 4 is 15.9 Å². The lowest BCUT2D eigenvalue weighted by molar-refractivity contribution is 0.967. The zero-order chi connectivity index (χ0) is 12.4. The maximum absolute atomic E-state index is 11.9. The standard InChI is InChI=1S/C13H13BrN2O/c1-3-9-8(2)15-12(16-13(9)17)10-6-4-5-7-11(10)14/h4-7H,3H2,1-2H3,(H,15,16,17). The van der Waals surface area contributed by atoms with Gasteiger partial charge in [-0.2, -0.15) is 0 Å². The Balaban J connectivity index is 2.63. The van der Waals surface area contributed by atoms with Crippen LogP contribution in [0.5, 0.6) is 0 Å². The van der Waals surface area contributed by atoms with Gasteiger partial charge in [-0.1, -0.05) is 41.1 Å². The average molecular weight is 293 g/mol. The normalized spacial score (nSPS) is 10.5. The van der Waals surface area contributed by atoms with E-state index in [9.17, 15) is 4.79 Å². The van der Waals surface area contributed by atoms with E-state index in [1.54, 1.807) is 0 Å². The van der Waals surface area contributed by atoms with Crippen molar-refractivity contribution in [1.29, 1.82) is 0 Å². The molecule has 0 spiro atoms. The number of benzene rings is 1. The Bertz CT molecular complexity index is 605. The average Bonchev–Trinajstić information content (AvgIpc) is 2.29. The molecule has 0 saturated carbocycles. The molecule has 1 aromatic carbocycles. The summed E-state index contributed by atoms with van der Waals surface area (Å²) in [5.41, 5.74) is 2.39. The molecule has 4 heteroatoms. The lowest BCUT2D eigenvalue weighted by atomic mass is 10.1. The van der Waals surface area contributed by atoms with Crippen molar-refractivity contribution in [3.05, 3.63) is 50.3 Å². The highest BCUT2D eigenvalue weighted by molar-refractivity contribution is 9.10. The van der Waals surface area contributed by atoms with E-state index in [0.29, 0.717) is 12.2 Å². The summed E-state index contributed by atoms with van der Waals surface area (Å²) >= 11 is 3.46. The Kier molecular flexibility index (Phi) is 3.43. The molecule has 0 radical (unpaired) electrons. The molecule has 2 rings (SSSR count). The Labute approximate surface area is 108 Å². The Morgan fingerprint density at radius 3 is 2.65 bits per heavy atom. The molecule has 88 valence electrons. The summed E-state index contributed by atoms with van der Waals surface area (Å²) < 4.78 is 0.923. The van der Waals surface area contributed by atoms with E-state index < -0.39 is 0 Å². The van der Waals surface area contributed by atoms with Crippen LogP contribution in [0.25, 0.3) is 11.4 Å². The smallest absolute Gasteiger partial charge is 0.254 e. The van der Waals surface area contributed by atoms with Gasteiger partial charge in [0.05, 0.1) is 0 Å². The van der Waals surface area contributed by atoms with Crippen molar-refractivity contribution in [3.63, 3.8) is 0 Å². The summed E-state index contributed by atoms with van der Waals surface area (Å²) in [4.78, 5) is 19.1. The number of nitrogens with zero attached hydrogens (tertiary/aromatic N) is 1. The second kappa shape index (κ2) is 4.84. The van der Waals surface area contributed by atoms with Crippen LogP contribution in [-0.2, 0) is 6.42 Å². The van der Waals surface area contributed by atoms with Crippen LogP contribution >= 0.6 is 15.9 Å². The third-order valence-electron chi connectivity index (χ3n) is 2.70. The van der Waals surface area contributed by atoms with Crippen molar-refractivity contribution < 1.29 is 0 Å². The first-order chi connectivity index (χ1) is 8.13. The molecule has 0 aliphatic rings. The minimum atomic E-state index is -0.0502. The number of aromatic nitrogens is 2. The van der Waals surface area contributed by atoms with Crippen LogP contribution in [-0.4, -0.2) is 9.97 Å². The molecule has 3 nitrogen and oxygen atoms in total. The van der Waals surface area contributed by atoms with Gasteiger partial charge in [-0.25, -0.2) is 4.98 Å². The van der Waals surface area contributed by atoms with Crippen LogP contribution in [0, 0.1) is 6.92 Å². The Morgan fingerprint density at radius 1 is 1.35 bits per heavy atom. The molecule has 0 amide bonds. The van der Waals surface area contributed by atoms with Crippen molar-refractivity contribution in [2.75, 3.05) is 0 Å². The topological polar surface area (TPSA) is 45.8 Å². The largest absolute Gasteiger partial charge is 0.306 e. The lowest BCUT2D eigenvalue weighted by Crippen LogP contribution is -2.16. The highest BCUT2D eigenvalue weighted by Gasteiger charge is 2.09. The van der Waals surface area contributed by atoms with Gasteiger partial charge < -0.3 is 4.98 Å². The fourth-order valence-electron chi connectivity index (χ4n) is 1.81. The van der Waals surface area contributed by atoms with Gasteiger partial charge in [0.1, 0.15) is 5.82 Å². The number of hydrogen-bond donors (Lipinski definition) is 1. The maximum atomic E-state index is 11.9. The highest BCUT2D eigenvalue weighted by atomic mass is 79.9. The predicted octanol–water partition coefficient (Wildman–Crippen LogP) is 3.07.